The third-order valence-electron chi connectivity index (χ3n) is 3.80. The van der Waals surface area contributed by atoms with E-state index in [2.05, 4.69) is 0 Å². The summed E-state index contributed by atoms with van der Waals surface area (Å²) in [5.41, 5.74) is -0.764. The first-order valence-corrected chi connectivity index (χ1v) is 9.91. The molecule has 2 aromatic carbocycles. The molecule has 0 atom stereocenters. The fourth-order valence-corrected chi connectivity index (χ4v) is 4.35. The average molecular weight is 415 g/mol. The maximum absolute atomic E-state index is 13.1. The number of nitrogens with zero attached hydrogens (tertiary/aromatic N) is 1. The molecule has 0 unspecified atom stereocenters. The molecule has 0 aliphatic rings. The highest BCUT2D eigenvalue weighted by Gasteiger charge is 2.34. The number of rotatable bonds is 6. The Labute approximate surface area is 161 Å². The van der Waals surface area contributed by atoms with Gasteiger partial charge in [-0.2, -0.15) is 13.2 Å². The molecule has 0 bridgehead atoms. The molecule has 0 heterocycles. The van der Waals surface area contributed by atoms with Crippen molar-refractivity contribution in [3.05, 3.63) is 59.7 Å². The maximum atomic E-state index is 13.1. The molecular weight excluding hydrogens is 395 g/mol. The molecule has 28 heavy (non-hydrogen) atoms. The Balaban J connectivity index is 2.55. The van der Waals surface area contributed by atoms with Gasteiger partial charge in [0.2, 0.25) is 0 Å². The van der Waals surface area contributed by atoms with Crippen molar-refractivity contribution < 1.29 is 31.1 Å². The van der Waals surface area contributed by atoms with E-state index in [-0.39, 0.29) is 17.9 Å². The maximum Gasteiger partial charge on any atom is 0.416 e. The van der Waals surface area contributed by atoms with Crippen LogP contribution in [0.5, 0.6) is 0 Å². The standard InChI is InChI=1S/C19H20F3NO4S/c1-4-27-18(24)14-7-5-9-16(11-14)23(13(2)3)28(25,26)17-10-6-8-15(12-17)19(20,21)22/h5-13H,4H2,1-3H3. The topological polar surface area (TPSA) is 63.7 Å². The van der Waals surface area contributed by atoms with Crippen molar-refractivity contribution in [3.8, 4) is 0 Å². The fraction of sp³-hybridized carbons (Fsp3) is 0.316. The Morgan fingerprint density at radius 1 is 1.11 bits per heavy atom. The minimum absolute atomic E-state index is 0.143. The van der Waals surface area contributed by atoms with Crippen molar-refractivity contribution in [2.24, 2.45) is 0 Å². The van der Waals surface area contributed by atoms with Crippen molar-refractivity contribution in [3.63, 3.8) is 0 Å². The second-order valence-corrected chi connectivity index (χ2v) is 8.01. The number of halogens is 3. The second-order valence-electron chi connectivity index (χ2n) is 6.19. The van der Waals surface area contributed by atoms with Gasteiger partial charge in [-0.05, 0) is 57.2 Å². The first kappa shape index (κ1) is 21.7. The summed E-state index contributed by atoms with van der Waals surface area (Å²) in [4.78, 5) is 11.5. The molecule has 0 spiro atoms. The normalized spacial score (nSPS) is 12.1. The van der Waals surface area contributed by atoms with E-state index in [9.17, 15) is 26.4 Å². The van der Waals surface area contributed by atoms with Crippen molar-refractivity contribution in [1.82, 2.24) is 0 Å². The molecule has 2 rings (SSSR count). The highest BCUT2D eigenvalue weighted by molar-refractivity contribution is 7.92. The van der Waals surface area contributed by atoms with Crippen molar-refractivity contribution in [1.29, 1.82) is 0 Å². The minimum atomic E-state index is -4.67. The summed E-state index contributed by atoms with van der Waals surface area (Å²) in [5, 5.41) is 0. The Kier molecular flexibility index (Phi) is 6.38. The lowest BCUT2D eigenvalue weighted by Crippen LogP contribution is -2.37. The minimum Gasteiger partial charge on any atom is -0.462 e. The Morgan fingerprint density at radius 2 is 1.75 bits per heavy atom. The number of esters is 1. The molecule has 0 saturated heterocycles. The smallest absolute Gasteiger partial charge is 0.416 e. The number of hydrogen-bond acceptors (Lipinski definition) is 4. The van der Waals surface area contributed by atoms with Crippen LogP contribution in [0.3, 0.4) is 0 Å². The monoisotopic (exact) mass is 415 g/mol. The summed E-state index contributed by atoms with van der Waals surface area (Å²) in [7, 11) is -4.31. The molecule has 0 amide bonds. The highest BCUT2D eigenvalue weighted by Crippen LogP contribution is 2.33. The van der Waals surface area contributed by atoms with Gasteiger partial charge in [0, 0.05) is 6.04 Å². The van der Waals surface area contributed by atoms with E-state index in [1.165, 1.54) is 24.3 Å². The number of carbonyl (C=O) groups is 1. The third kappa shape index (κ3) is 4.64. The molecule has 2 aromatic rings. The van der Waals surface area contributed by atoms with E-state index in [1.807, 2.05) is 0 Å². The lowest BCUT2D eigenvalue weighted by molar-refractivity contribution is -0.137. The Bertz CT molecular complexity index is 956. The molecule has 0 fully saturated rings. The van der Waals surface area contributed by atoms with Crippen LogP contribution < -0.4 is 4.31 Å². The van der Waals surface area contributed by atoms with Gasteiger partial charge < -0.3 is 4.74 Å². The van der Waals surface area contributed by atoms with Crippen LogP contribution in [0.15, 0.2) is 53.4 Å². The van der Waals surface area contributed by atoms with E-state index >= 15 is 0 Å². The van der Waals surface area contributed by atoms with Crippen LogP contribution in [-0.4, -0.2) is 27.0 Å². The van der Waals surface area contributed by atoms with Gasteiger partial charge in [0.1, 0.15) is 0 Å². The summed E-state index contributed by atoms with van der Waals surface area (Å²) < 4.78 is 71.1. The summed E-state index contributed by atoms with van der Waals surface area (Å²) in [5.74, 6) is -0.621. The predicted molar refractivity (Wildman–Crippen MR) is 98.6 cm³/mol. The molecule has 0 N–H and O–H groups in total. The average Bonchev–Trinajstić information content (AvgIpc) is 2.61. The third-order valence-corrected chi connectivity index (χ3v) is 5.80. The van der Waals surface area contributed by atoms with Gasteiger partial charge in [0.25, 0.3) is 10.0 Å². The number of carbonyl (C=O) groups excluding carboxylic acids is 1. The first-order valence-electron chi connectivity index (χ1n) is 8.47. The van der Waals surface area contributed by atoms with Crippen LogP contribution >= 0.6 is 0 Å². The predicted octanol–water partition coefficient (Wildman–Crippen LogP) is 4.49. The van der Waals surface area contributed by atoms with E-state index < -0.39 is 38.7 Å². The van der Waals surface area contributed by atoms with Gasteiger partial charge in [0.05, 0.1) is 28.3 Å². The van der Waals surface area contributed by atoms with Crippen LogP contribution in [0.25, 0.3) is 0 Å². The quantitative estimate of drug-likeness (QED) is 0.653. The van der Waals surface area contributed by atoms with Gasteiger partial charge in [-0.3, -0.25) is 4.31 Å². The van der Waals surface area contributed by atoms with E-state index in [1.54, 1.807) is 20.8 Å². The van der Waals surface area contributed by atoms with E-state index in [0.29, 0.717) is 6.07 Å². The zero-order chi connectivity index (χ0) is 21.1. The Hall–Kier alpha value is -2.55. The molecule has 152 valence electrons. The highest BCUT2D eigenvalue weighted by atomic mass is 32.2. The SMILES string of the molecule is CCOC(=O)c1cccc(N(C(C)C)S(=O)(=O)c2cccc(C(F)(F)F)c2)c1. The Morgan fingerprint density at radius 3 is 2.32 bits per heavy atom. The number of ether oxygens (including phenoxy) is 1. The van der Waals surface area contributed by atoms with E-state index in [0.717, 1.165) is 22.5 Å². The zero-order valence-electron chi connectivity index (χ0n) is 15.5. The number of sulfonamides is 1. The van der Waals surface area contributed by atoms with Crippen LogP contribution in [0.1, 0.15) is 36.7 Å². The van der Waals surface area contributed by atoms with Crippen molar-refractivity contribution in [2.75, 3.05) is 10.9 Å². The van der Waals surface area contributed by atoms with E-state index in [4.69, 9.17) is 4.74 Å². The number of hydrogen-bond donors (Lipinski definition) is 0. The molecule has 0 aromatic heterocycles. The number of benzene rings is 2. The molecule has 0 radical (unpaired) electrons. The second kappa shape index (κ2) is 8.22. The largest absolute Gasteiger partial charge is 0.462 e. The molecule has 9 heteroatoms. The van der Waals surface area contributed by atoms with Gasteiger partial charge in [0.15, 0.2) is 0 Å². The molecule has 0 aliphatic heterocycles. The summed E-state index contributed by atoms with van der Waals surface area (Å²) >= 11 is 0. The summed E-state index contributed by atoms with van der Waals surface area (Å²) in [6, 6.07) is 8.70. The zero-order valence-corrected chi connectivity index (χ0v) is 16.3. The first-order chi connectivity index (χ1) is 13.0. The summed E-state index contributed by atoms with van der Waals surface area (Å²) in [6.45, 7) is 4.96. The molecule has 5 nitrogen and oxygen atoms in total. The van der Waals surface area contributed by atoms with Crippen molar-refractivity contribution >= 4 is 21.7 Å². The molecular formula is C19H20F3NO4S. The van der Waals surface area contributed by atoms with Crippen LogP contribution in [-0.2, 0) is 20.9 Å². The van der Waals surface area contributed by atoms with Gasteiger partial charge in [-0.25, -0.2) is 13.2 Å². The van der Waals surface area contributed by atoms with Crippen LogP contribution in [0.4, 0.5) is 18.9 Å². The van der Waals surface area contributed by atoms with Crippen LogP contribution in [0, 0.1) is 0 Å². The number of anilines is 1. The number of alkyl halides is 3. The van der Waals surface area contributed by atoms with Crippen molar-refractivity contribution in [2.45, 2.75) is 37.9 Å². The lowest BCUT2D eigenvalue weighted by Gasteiger charge is -2.28. The summed E-state index contributed by atoms with van der Waals surface area (Å²) in [6.07, 6.45) is -4.67. The molecule has 0 aliphatic carbocycles. The van der Waals surface area contributed by atoms with Gasteiger partial charge in [-0.1, -0.05) is 12.1 Å². The lowest BCUT2D eigenvalue weighted by atomic mass is 10.2. The van der Waals surface area contributed by atoms with Gasteiger partial charge >= 0.3 is 12.1 Å². The van der Waals surface area contributed by atoms with Crippen LogP contribution in [0.2, 0.25) is 0 Å². The fourth-order valence-electron chi connectivity index (χ4n) is 2.65. The van der Waals surface area contributed by atoms with Gasteiger partial charge in [-0.15, -0.1) is 0 Å². The molecule has 0 saturated carbocycles.